The monoisotopic (exact) mass is 367 g/mol. The van der Waals surface area contributed by atoms with E-state index in [4.69, 9.17) is 5.11 Å². The summed E-state index contributed by atoms with van der Waals surface area (Å²) in [5, 5.41) is 11.5. The summed E-state index contributed by atoms with van der Waals surface area (Å²) in [6, 6.07) is 6.54. The Morgan fingerprint density at radius 3 is 2.76 bits per heavy atom. The van der Waals surface area contributed by atoms with Gasteiger partial charge in [-0.2, -0.15) is 0 Å². The number of nitrogens with one attached hydrogen (secondary N) is 1. The number of nitrogens with zero attached hydrogens (tertiary/aromatic N) is 2. The van der Waals surface area contributed by atoms with Crippen molar-refractivity contribution in [3.8, 4) is 0 Å². The summed E-state index contributed by atoms with van der Waals surface area (Å²) in [7, 11) is 0. The van der Waals surface area contributed by atoms with Gasteiger partial charge in [-0.3, -0.25) is 4.79 Å². The van der Waals surface area contributed by atoms with E-state index in [0.717, 1.165) is 4.47 Å². The van der Waals surface area contributed by atoms with Crippen molar-refractivity contribution < 1.29 is 14.7 Å². The van der Waals surface area contributed by atoms with Gasteiger partial charge in [0, 0.05) is 21.8 Å². The predicted molar refractivity (Wildman–Crippen MR) is 82.5 cm³/mol. The summed E-state index contributed by atoms with van der Waals surface area (Å²) in [4.78, 5) is 31.0. The van der Waals surface area contributed by atoms with E-state index in [9.17, 15) is 9.59 Å². The van der Waals surface area contributed by atoms with Crippen LogP contribution in [0, 0.1) is 0 Å². The lowest BCUT2D eigenvalue weighted by atomic mass is 10.3. The Bertz CT molecular complexity index is 664. The number of hydrogen-bond donors (Lipinski definition) is 2. The van der Waals surface area contributed by atoms with Crippen LogP contribution in [-0.2, 0) is 4.79 Å². The number of aromatic carboxylic acids is 1. The highest BCUT2D eigenvalue weighted by Crippen LogP contribution is 2.18. The van der Waals surface area contributed by atoms with Gasteiger partial charge in [-0.05, 0) is 40.2 Å². The summed E-state index contributed by atoms with van der Waals surface area (Å²) in [5.74, 6) is -0.699. The third kappa shape index (κ3) is 4.83. The molecule has 0 unspecified atom stereocenters. The summed E-state index contributed by atoms with van der Waals surface area (Å²) in [6.07, 6.45) is 2.99. The largest absolute Gasteiger partial charge is 0.477 e. The molecule has 2 rings (SSSR count). The van der Waals surface area contributed by atoms with E-state index >= 15 is 0 Å². The van der Waals surface area contributed by atoms with Gasteiger partial charge in [0.15, 0.2) is 0 Å². The van der Waals surface area contributed by atoms with Crippen molar-refractivity contribution in [1.82, 2.24) is 9.97 Å². The van der Waals surface area contributed by atoms with E-state index in [1.165, 1.54) is 24.0 Å². The van der Waals surface area contributed by atoms with E-state index in [0.29, 0.717) is 10.7 Å². The molecule has 0 aliphatic carbocycles. The lowest BCUT2D eigenvalue weighted by Gasteiger charge is -2.04. The number of pyridine rings is 2. The van der Waals surface area contributed by atoms with Gasteiger partial charge in [0.05, 0.1) is 5.75 Å². The van der Waals surface area contributed by atoms with Crippen LogP contribution < -0.4 is 5.32 Å². The van der Waals surface area contributed by atoms with Gasteiger partial charge in [0.1, 0.15) is 11.5 Å². The van der Waals surface area contributed by atoms with Crippen LogP contribution in [0.4, 0.5) is 5.82 Å². The minimum Gasteiger partial charge on any atom is -0.477 e. The van der Waals surface area contributed by atoms with Gasteiger partial charge in [-0.1, -0.05) is 0 Å². The zero-order valence-corrected chi connectivity index (χ0v) is 13.0. The molecule has 0 aromatic carbocycles. The first-order valence-corrected chi connectivity index (χ1v) is 7.56. The van der Waals surface area contributed by atoms with Crippen LogP contribution in [-0.4, -0.2) is 32.7 Å². The number of carbonyl (C=O) groups excluding carboxylic acids is 1. The maximum atomic E-state index is 11.8. The van der Waals surface area contributed by atoms with Crippen LogP contribution in [0.15, 0.2) is 46.0 Å². The molecule has 2 aromatic heterocycles. The molecular formula is C13H10BrN3O3S. The van der Waals surface area contributed by atoms with Crippen LogP contribution in [0.5, 0.6) is 0 Å². The highest BCUT2D eigenvalue weighted by Gasteiger charge is 2.08. The van der Waals surface area contributed by atoms with Crippen molar-refractivity contribution in [3.63, 3.8) is 0 Å². The van der Waals surface area contributed by atoms with Gasteiger partial charge in [0.2, 0.25) is 5.91 Å². The Labute approximate surface area is 133 Å². The molecule has 6 nitrogen and oxygen atoms in total. The van der Waals surface area contributed by atoms with Crippen LogP contribution in [0.3, 0.4) is 0 Å². The van der Waals surface area contributed by atoms with Crippen molar-refractivity contribution in [3.05, 3.63) is 46.8 Å². The number of amides is 1. The smallest absolute Gasteiger partial charge is 0.354 e. The SMILES string of the molecule is O=C(CSc1ccnc(C(=O)O)c1)Nc1ccc(Br)cn1. The number of carboxylic acid groups (broad SMARTS) is 1. The van der Waals surface area contributed by atoms with Crippen LogP contribution in [0.25, 0.3) is 0 Å². The number of rotatable bonds is 5. The van der Waals surface area contributed by atoms with E-state index < -0.39 is 5.97 Å². The highest BCUT2D eigenvalue weighted by molar-refractivity contribution is 9.10. The van der Waals surface area contributed by atoms with Crippen LogP contribution in [0.1, 0.15) is 10.5 Å². The third-order valence-corrected chi connectivity index (χ3v) is 3.78. The number of hydrogen-bond acceptors (Lipinski definition) is 5. The van der Waals surface area contributed by atoms with Crippen molar-refractivity contribution in [2.24, 2.45) is 0 Å². The zero-order chi connectivity index (χ0) is 15.2. The fraction of sp³-hybridized carbons (Fsp3) is 0.0769. The predicted octanol–water partition coefficient (Wildman–Crippen LogP) is 2.67. The molecule has 0 fully saturated rings. The number of halogens is 1. The molecule has 108 valence electrons. The fourth-order valence-electron chi connectivity index (χ4n) is 1.40. The zero-order valence-electron chi connectivity index (χ0n) is 10.6. The molecule has 0 bridgehead atoms. The number of carboxylic acids is 1. The molecule has 0 aliphatic rings. The van der Waals surface area contributed by atoms with Gasteiger partial charge in [0.25, 0.3) is 0 Å². The normalized spacial score (nSPS) is 10.1. The molecule has 0 saturated carbocycles. The second-order valence-electron chi connectivity index (χ2n) is 3.88. The molecule has 2 aromatic rings. The Kier molecular flexibility index (Phi) is 5.29. The maximum Gasteiger partial charge on any atom is 0.354 e. The summed E-state index contributed by atoms with van der Waals surface area (Å²) < 4.78 is 0.827. The number of carbonyl (C=O) groups is 2. The molecule has 21 heavy (non-hydrogen) atoms. The van der Waals surface area contributed by atoms with E-state index in [1.807, 2.05) is 0 Å². The average Bonchev–Trinajstić information content (AvgIpc) is 2.48. The lowest BCUT2D eigenvalue weighted by Crippen LogP contribution is -2.14. The molecule has 2 N–H and O–H groups in total. The molecule has 2 heterocycles. The second-order valence-corrected chi connectivity index (χ2v) is 5.84. The molecule has 1 amide bonds. The molecular weight excluding hydrogens is 358 g/mol. The van der Waals surface area contributed by atoms with Crippen molar-refractivity contribution >= 4 is 45.4 Å². The van der Waals surface area contributed by atoms with E-state index in [-0.39, 0.29) is 17.4 Å². The summed E-state index contributed by atoms with van der Waals surface area (Å²) >= 11 is 4.49. The van der Waals surface area contributed by atoms with Crippen LogP contribution >= 0.6 is 27.7 Å². The number of anilines is 1. The molecule has 0 aliphatic heterocycles. The third-order valence-electron chi connectivity index (χ3n) is 2.32. The molecule has 0 spiro atoms. The number of thioether (sulfide) groups is 1. The van der Waals surface area contributed by atoms with Gasteiger partial charge >= 0.3 is 5.97 Å². The highest BCUT2D eigenvalue weighted by atomic mass is 79.9. The number of aromatic nitrogens is 2. The summed E-state index contributed by atoms with van der Waals surface area (Å²) in [6.45, 7) is 0. The van der Waals surface area contributed by atoms with Gasteiger partial charge < -0.3 is 10.4 Å². The minimum atomic E-state index is -1.10. The fourth-order valence-corrected chi connectivity index (χ4v) is 2.35. The standard InChI is InChI=1S/C13H10BrN3O3S/c14-8-1-2-11(16-6-8)17-12(18)7-21-9-3-4-15-10(5-9)13(19)20/h1-6H,7H2,(H,19,20)(H,16,17,18). The first kappa shape index (κ1) is 15.5. The van der Waals surface area contributed by atoms with Crippen molar-refractivity contribution in [2.75, 3.05) is 11.1 Å². The first-order chi connectivity index (χ1) is 10.0. The topological polar surface area (TPSA) is 92.2 Å². The minimum absolute atomic E-state index is 0.0463. The van der Waals surface area contributed by atoms with E-state index in [1.54, 1.807) is 24.4 Å². The molecule has 0 radical (unpaired) electrons. The van der Waals surface area contributed by atoms with Crippen LogP contribution in [0.2, 0.25) is 0 Å². The Hall–Kier alpha value is -1.93. The first-order valence-electron chi connectivity index (χ1n) is 5.78. The quantitative estimate of drug-likeness (QED) is 0.789. The molecule has 8 heteroatoms. The van der Waals surface area contributed by atoms with Crippen molar-refractivity contribution in [1.29, 1.82) is 0 Å². The maximum absolute atomic E-state index is 11.8. The average molecular weight is 368 g/mol. The lowest BCUT2D eigenvalue weighted by molar-refractivity contribution is -0.113. The molecule has 0 atom stereocenters. The second kappa shape index (κ2) is 7.19. The Balaban J connectivity index is 1.90. The van der Waals surface area contributed by atoms with E-state index in [2.05, 4.69) is 31.2 Å². The Morgan fingerprint density at radius 1 is 1.29 bits per heavy atom. The Morgan fingerprint density at radius 2 is 2.10 bits per heavy atom. The van der Waals surface area contributed by atoms with Gasteiger partial charge in [-0.15, -0.1) is 11.8 Å². The molecule has 0 saturated heterocycles. The van der Waals surface area contributed by atoms with Gasteiger partial charge in [-0.25, -0.2) is 14.8 Å². The summed E-state index contributed by atoms with van der Waals surface area (Å²) in [5.41, 5.74) is -0.0463. The van der Waals surface area contributed by atoms with Crippen molar-refractivity contribution in [2.45, 2.75) is 4.90 Å².